The summed E-state index contributed by atoms with van der Waals surface area (Å²) in [5.41, 5.74) is 6.11. The van der Waals surface area contributed by atoms with Crippen LogP contribution in [0.2, 0.25) is 0 Å². The molecular weight excluding hydrogens is 238 g/mol. The standard InChI is InChI=1S/C9H12F2N2O2S/c10-9(11)6-13-16(14,15)8-3-1-7(5-12)2-4-8/h1-4,9,13H,5-6,12H2. The lowest BCUT2D eigenvalue weighted by Gasteiger charge is -2.06. The smallest absolute Gasteiger partial charge is 0.251 e. The van der Waals surface area contributed by atoms with E-state index < -0.39 is 23.0 Å². The van der Waals surface area contributed by atoms with Crippen LogP contribution in [0.5, 0.6) is 0 Å². The number of benzene rings is 1. The first-order chi connectivity index (χ1) is 7.45. The van der Waals surface area contributed by atoms with Crippen LogP contribution in [0.4, 0.5) is 8.78 Å². The predicted molar refractivity (Wildman–Crippen MR) is 55.5 cm³/mol. The molecule has 0 aromatic heterocycles. The fourth-order valence-electron chi connectivity index (χ4n) is 1.06. The number of halogens is 2. The summed E-state index contributed by atoms with van der Waals surface area (Å²) in [5.74, 6) is 0. The number of alkyl halides is 2. The molecule has 0 heterocycles. The molecule has 0 amide bonds. The van der Waals surface area contributed by atoms with E-state index in [1.54, 1.807) is 4.72 Å². The first-order valence-electron chi connectivity index (χ1n) is 4.52. The Labute approximate surface area is 92.5 Å². The molecule has 0 unspecified atom stereocenters. The third-order valence-corrected chi connectivity index (χ3v) is 3.34. The van der Waals surface area contributed by atoms with Crippen LogP contribution in [0.25, 0.3) is 0 Å². The van der Waals surface area contributed by atoms with E-state index in [-0.39, 0.29) is 4.90 Å². The van der Waals surface area contributed by atoms with E-state index in [9.17, 15) is 17.2 Å². The van der Waals surface area contributed by atoms with E-state index in [4.69, 9.17) is 5.73 Å². The Kier molecular flexibility index (Phi) is 4.34. The Balaban J connectivity index is 2.82. The van der Waals surface area contributed by atoms with Gasteiger partial charge in [-0.1, -0.05) is 12.1 Å². The Bertz CT molecular complexity index is 431. The second-order valence-electron chi connectivity index (χ2n) is 3.09. The number of rotatable bonds is 5. The minimum absolute atomic E-state index is 0.0506. The maximum absolute atomic E-state index is 11.9. The van der Waals surface area contributed by atoms with Gasteiger partial charge in [0.05, 0.1) is 11.4 Å². The van der Waals surface area contributed by atoms with E-state index in [0.717, 1.165) is 5.56 Å². The quantitative estimate of drug-likeness (QED) is 0.807. The molecule has 1 aromatic rings. The number of nitrogens with one attached hydrogen (secondary N) is 1. The molecule has 0 aliphatic rings. The topological polar surface area (TPSA) is 72.2 Å². The first kappa shape index (κ1) is 13.0. The fourth-order valence-corrected chi connectivity index (χ4v) is 2.07. The van der Waals surface area contributed by atoms with Gasteiger partial charge in [0, 0.05) is 6.54 Å². The fraction of sp³-hybridized carbons (Fsp3) is 0.333. The van der Waals surface area contributed by atoms with Gasteiger partial charge in [-0.25, -0.2) is 21.9 Å². The van der Waals surface area contributed by atoms with Crippen molar-refractivity contribution in [3.05, 3.63) is 29.8 Å². The van der Waals surface area contributed by atoms with Gasteiger partial charge in [-0.15, -0.1) is 0 Å². The molecular formula is C9H12F2N2O2S. The average Bonchev–Trinajstić information content (AvgIpc) is 2.27. The van der Waals surface area contributed by atoms with Gasteiger partial charge in [-0.2, -0.15) is 0 Å². The van der Waals surface area contributed by atoms with Gasteiger partial charge in [-0.05, 0) is 17.7 Å². The Morgan fingerprint density at radius 3 is 2.25 bits per heavy atom. The van der Waals surface area contributed by atoms with Crippen LogP contribution in [0.15, 0.2) is 29.2 Å². The molecule has 0 aliphatic heterocycles. The van der Waals surface area contributed by atoms with Crippen molar-refractivity contribution in [3.8, 4) is 0 Å². The SMILES string of the molecule is NCc1ccc(S(=O)(=O)NCC(F)F)cc1. The first-order valence-corrected chi connectivity index (χ1v) is 6.01. The molecule has 3 N–H and O–H groups in total. The van der Waals surface area contributed by atoms with Crippen LogP contribution in [0, 0.1) is 0 Å². The lowest BCUT2D eigenvalue weighted by Crippen LogP contribution is -2.28. The summed E-state index contributed by atoms with van der Waals surface area (Å²) in [5, 5.41) is 0. The molecule has 90 valence electrons. The molecule has 16 heavy (non-hydrogen) atoms. The zero-order valence-corrected chi connectivity index (χ0v) is 9.18. The highest BCUT2D eigenvalue weighted by atomic mass is 32.2. The molecule has 0 atom stereocenters. The van der Waals surface area contributed by atoms with Crippen molar-refractivity contribution in [2.45, 2.75) is 17.9 Å². The molecule has 1 aromatic carbocycles. The summed E-state index contributed by atoms with van der Waals surface area (Å²) < 4.78 is 48.4. The van der Waals surface area contributed by atoms with Crippen molar-refractivity contribution in [1.29, 1.82) is 0 Å². The zero-order chi connectivity index (χ0) is 12.2. The van der Waals surface area contributed by atoms with Gasteiger partial charge in [0.25, 0.3) is 6.43 Å². The highest BCUT2D eigenvalue weighted by molar-refractivity contribution is 7.89. The van der Waals surface area contributed by atoms with Gasteiger partial charge in [0.15, 0.2) is 0 Å². The Morgan fingerprint density at radius 2 is 1.81 bits per heavy atom. The van der Waals surface area contributed by atoms with Crippen molar-refractivity contribution in [2.24, 2.45) is 5.73 Å². The molecule has 7 heteroatoms. The van der Waals surface area contributed by atoms with E-state index in [2.05, 4.69) is 0 Å². The lowest BCUT2D eigenvalue weighted by atomic mass is 10.2. The third kappa shape index (κ3) is 3.51. The monoisotopic (exact) mass is 250 g/mol. The summed E-state index contributed by atoms with van der Waals surface area (Å²) in [7, 11) is -3.85. The summed E-state index contributed by atoms with van der Waals surface area (Å²) >= 11 is 0. The van der Waals surface area contributed by atoms with E-state index >= 15 is 0 Å². The van der Waals surface area contributed by atoms with Crippen LogP contribution in [0.3, 0.4) is 0 Å². The van der Waals surface area contributed by atoms with Crippen LogP contribution in [-0.2, 0) is 16.6 Å². The summed E-state index contributed by atoms with van der Waals surface area (Å²) in [6, 6.07) is 5.74. The Morgan fingerprint density at radius 1 is 1.25 bits per heavy atom. The minimum Gasteiger partial charge on any atom is -0.326 e. The second kappa shape index (κ2) is 5.33. The number of nitrogens with two attached hydrogens (primary N) is 1. The molecule has 4 nitrogen and oxygen atoms in total. The molecule has 0 saturated carbocycles. The second-order valence-corrected chi connectivity index (χ2v) is 4.86. The zero-order valence-electron chi connectivity index (χ0n) is 8.36. The van der Waals surface area contributed by atoms with E-state index in [0.29, 0.717) is 6.54 Å². The minimum atomic E-state index is -3.85. The van der Waals surface area contributed by atoms with Crippen molar-refractivity contribution in [1.82, 2.24) is 4.72 Å². The molecule has 0 saturated heterocycles. The Hall–Kier alpha value is -1.05. The molecule has 0 aliphatic carbocycles. The average molecular weight is 250 g/mol. The molecule has 0 spiro atoms. The number of hydrogen-bond acceptors (Lipinski definition) is 3. The van der Waals surface area contributed by atoms with Crippen molar-refractivity contribution < 1.29 is 17.2 Å². The number of sulfonamides is 1. The molecule has 0 radical (unpaired) electrons. The van der Waals surface area contributed by atoms with Gasteiger partial charge in [0.1, 0.15) is 0 Å². The predicted octanol–water partition coefficient (Wildman–Crippen LogP) is 0.689. The maximum atomic E-state index is 11.9. The summed E-state index contributed by atoms with van der Waals surface area (Å²) in [4.78, 5) is -0.0506. The third-order valence-electron chi connectivity index (χ3n) is 1.90. The van der Waals surface area contributed by atoms with Crippen LogP contribution >= 0.6 is 0 Å². The van der Waals surface area contributed by atoms with E-state index in [1.807, 2.05) is 0 Å². The van der Waals surface area contributed by atoms with Crippen molar-refractivity contribution >= 4 is 10.0 Å². The maximum Gasteiger partial charge on any atom is 0.251 e. The van der Waals surface area contributed by atoms with Crippen LogP contribution in [-0.4, -0.2) is 21.4 Å². The molecule has 1 rings (SSSR count). The number of hydrogen-bond donors (Lipinski definition) is 2. The van der Waals surface area contributed by atoms with Gasteiger partial charge >= 0.3 is 0 Å². The van der Waals surface area contributed by atoms with Crippen molar-refractivity contribution in [2.75, 3.05) is 6.54 Å². The molecule has 0 fully saturated rings. The molecule has 0 bridgehead atoms. The van der Waals surface area contributed by atoms with E-state index in [1.165, 1.54) is 24.3 Å². The van der Waals surface area contributed by atoms with Crippen molar-refractivity contribution in [3.63, 3.8) is 0 Å². The van der Waals surface area contributed by atoms with Gasteiger partial charge in [-0.3, -0.25) is 0 Å². The largest absolute Gasteiger partial charge is 0.326 e. The van der Waals surface area contributed by atoms with Gasteiger partial charge in [0.2, 0.25) is 10.0 Å². The summed E-state index contributed by atoms with van der Waals surface area (Å²) in [6.45, 7) is -0.592. The highest BCUT2D eigenvalue weighted by Crippen LogP contribution is 2.10. The lowest BCUT2D eigenvalue weighted by molar-refractivity contribution is 0.153. The van der Waals surface area contributed by atoms with Crippen LogP contribution < -0.4 is 10.5 Å². The highest BCUT2D eigenvalue weighted by Gasteiger charge is 2.15. The van der Waals surface area contributed by atoms with Gasteiger partial charge < -0.3 is 5.73 Å². The normalized spacial score (nSPS) is 12.0. The van der Waals surface area contributed by atoms with Crippen LogP contribution in [0.1, 0.15) is 5.56 Å². The summed E-state index contributed by atoms with van der Waals surface area (Å²) in [6.07, 6.45) is -2.71.